The van der Waals surface area contributed by atoms with E-state index in [1.54, 1.807) is 12.1 Å². The Labute approximate surface area is 113 Å². The summed E-state index contributed by atoms with van der Waals surface area (Å²) in [4.78, 5) is 13.1. The molecule has 0 saturated carbocycles. The van der Waals surface area contributed by atoms with Gasteiger partial charge in [-0.15, -0.1) is 0 Å². The predicted molar refractivity (Wildman–Crippen MR) is 75.2 cm³/mol. The number of benzene rings is 1. The second kappa shape index (κ2) is 6.12. The number of likely N-dealkylation sites (tertiary alicyclic amines) is 1. The number of hydrogen-bond acceptors (Lipinski definition) is 4. The highest BCUT2D eigenvalue weighted by molar-refractivity contribution is 5.44. The lowest BCUT2D eigenvalue weighted by Gasteiger charge is -2.24. The molecule has 1 fully saturated rings. The fourth-order valence-electron chi connectivity index (χ4n) is 2.83. The normalized spacial score (nSPS) is 19.8. The summed E-state index contributed by atoms with van der Waals surface area (Å²) in [5, 5.41) is 14.2. The third-order valence-electron chi connectivity index (χ3n) is 3.93. The fourth-order valence-corrected chi connectivity index (χ4v) is 2.83. The molecule has 1 atom stereocenters. The molecule has 0 bridgehead atoms. The monoisotopic (exact) mass is 263 g/mol. The van der Waals surface area contributed by atoms with Crippen molar-refractivity contribution in [1.29, 1.82) is 0 Å². The summed E-state index contributed by atoms with van der Waals surface area (Å²) in [7, 11) is 1.97. The fraction of sp³-hybridized carbons (Fsp3) is 0.571. The molecule has 1 aliphatic heterocycles. The molecule has 1 heterocycles. The van der Waals surface area contributed by atoms with Crippen LogP contribution in [0, 0.1) is 17.0 Å². The van der Waals surface area contributed by atoms with Crippen LogP contribution in [0.4, 0.5) is 5.69 Å². The molecule has 2 rings (SSSR count). The highest BCUT2D eigenvalue weighted by Gasteiger charge is 2.25. The molecular weight excluding hydrogens is 242 g/mol. The van der Waals surface area contributed by atoms with Crippen molar-refractivity contribution in [1.82, 2.24) is 10.2 Å². The Morgan fingerprint density at radius 1 is 1.53 bits per heavy atom. The lowest BCUT2D eigenvalue weighted by Crippen LogP contribution is -2.36. The first-order valence-corrected chi connectivity index (χ1v) is 6.75. The van der Waals surface area contributed by atoms with E-state index in [0.717, 1.165) is 30.8 Å². The van der Waals surface area contributed by atoms with Crippen LogP contribution < -0.4 is 5.32 Å². The second-order valence-corrected chi connectivity index (χ2v) is 5.14. The standard InChI is InChI=1S/C14H21N3O2/c1-11-12(5-3-7-14(11)17(18)19)10-16-8-4-6-13(16)9-15-2/h3,5,7,13,15H,4,6,8-10H2,1-2H3. The average molecular weight is 263 g/mol. The minimum atomic E-state index is -0.298. The van der Waals surface area contributed by atoms with Gasteiger partial charge in [0.25, 0.3) is 5.69 Å². The molecule has 1 aromatic rings. The summed E-state index contributed by atoms with van der Waals surface area (Å²) < 4.78 is 0. The van der Waals surface area contributed by atoms with Crippen LogP contribution in [-0.4, -0.2) is 36.0 Å². The molecule has 1 unspecified atom stereocenters. The van der Waals surface area contributed by atoms with Crippen LogP contribution in [0.1, 0.15) is 24.0 Å². The zero-order valence-corrected chi connectivity index (χ0v) is 11.6. The van der Waals surface area contributed by atoms with E-state index in [1.807, 2.05) is 20.0 Å². The largest absolute Gasteiger partial charge is 0.318 e. The molecular formula is C14H21N3O2. The smallest absolute Gasteiger partial charge is 0.272 e. The Kier molecular flexibility index (Phi) is 4.50. The van der Waals surface area contributed by atoms with Crippen LogP contribution in [0.5, 0.6) is 0 Å². The van der Waals surface area contributed by atoms with Crippen molar-refractivity contribution < 1.29 is 4.92 Å². The summed E-state index contributed by atoms with van der Waals surface area (Å²) in [5.74, 6) is 0. The van der Waals surface area contributed by atoms with Crippen LogP contribution >= 0.6 is 0 Å². The van der Waals surface area contributed by atoms with Crippen molar-refractivity contribution in [2.45, 2.75) is 32.4 Å². The van der Waals surface area contributed by atoms with Gasteiger partial charge in [-0.05, 0) is 38.9 Å². The highest BCUT2D eigenvalue weighted by atomic mass is 16.6. The number of hydrogen-bond donors (Lipinski definition) is 1. The number of rotatable bonds is 5. The van der Waals surface area contributed by atoms with Crippen LogP contribution in [0.15, 0.2) is 18.2 Å². The van der Waals surface area contributed by atoms with Crippen molar-refractivity contribution >= 4 is 5.69 Å². The molecule has 0 aliphatic carbocycles. The molecule has 1 N–H and O–H groups in total. The third-order valence-corrected chi connectivity index (χ3v) is 3.93. The first kappa shape index (κ1) is 14.0. The van der Waals surface area contributed by atoms with Gasteiger partial charge in [-0.2, -0.15) is 0 Å². The van der Waals surface area contributed by atoms with Gasteiger partial charge in [-0.25, -0.2) is 0 Å². The Morgan fingerprint density at radius 3 is 3.00 bits per heavy atom. The highest BCUT2D eigenvalue weighted by Crippen LogP contribution is 2.25. The topological polar surface area (TPSA) is 58.4 Å². The SMILES string of the molecule is CNCC1CCCN1Cc1cccc([N+](=O)[O-])c1C. The van der Waals surface area contributed by atoms with Crippen LogP contribution in [0.2, 0.25) is 0 Å². The Balaban J connectivity index is 2.15. The minimum absolute atomic E-state index is 0.224. The zero-order chi connectivity index (χ0) is 13.8. The molecule has 104 valence electrons. The number of nitrogens with zero attached hydrogens (tertiary/aromatic N) is 2. The lowest BCUT2D eigenvalue weighted by atomic mass is 10.1. The van der Waals surface area contributed by atoms with Crippen molar-refractivity contribution in [3.63, 3.8) is 0 Å². The summed E-state index contributed by atoms with van der Waals surface area (Å²) >= 11 is 0. The summed E-state index contributed by atoms with van der Waals surface area (Å²) in [6.45, 7) is 4.71. The molecule has 5 nitrogen and oxygen atoms in total. The Bertz CT molecular complexity index is 462. The molecule has 5 heteroatoms. The molecule has 1 aromatic carbocycles. The van der Waals surface area contributed by atoms with E-state index < -0.39 is 0 Å². The van der Waals surface area contributed by atoms with E-state index in [9.17, 15) is 10.1 Å². The first-order valence-electron chi connectivity index (χ1n) is 6.75. The maximum absolute atomic E-state index is 11.0. The number of nitro benzene ring substituents is 1. The van der Waals surface area contributed by atoms with Gasteiger partial charge in [0.15, 0.2) is 0 Å². The quantitative estimate of drug-likeness (QED) is 0.653. The molecule has 19 heavy (non-hydrogen) atoms. The van der Waals surface area contributed by atoms with E-state index in [-0.39, 0.29) is 10.6 Å². The molecule has 0 aromatic heterocycles. The first-order chi connectivity index (χ1) is 9.13. The summed E-state index contributed by atoms with van der Waals surface area (Å²) in [6, 6.07) is 5.90. The van der Waals surface area contributed by atoms with Crippen LogP contribution in [0.3, 0.4) is 0 Å². The molecule has 0 radical (unpaired) electrons. The van der Waals surface area contributed by atoms with E-state index in [2.05, 4.69) is 10.2 Å². The van der Waals surface area contributed by atoms with Crippen molar-refractivity contribution in [2.75, 3.05) is 20.1 Å². The molecule has 0 spiro atoms. The van der Waals surface area contributed by atoms with Gasteiger partial charge in [0.2, 0.25) is 0 Å². The zero-order valence-electron chi connectivity index (χ0n) is 11.6. The van der Waals surface area contributed by atoms with Gasteiger partial charge in [-0.1, -0.05) is 12.1 Å². The van der Waals surface area contributed by atoms with Gasteiger partial charge in [0.05, 0.1) is 4.92 Å². The van der Waals surface area contributed by atoms with Crippen molar-refractivity contribution in [3.05, 3.63) is 39.4 Å². The number of likely N-dealkylation sites (N-methyl/N-ethyl adjacent to an activating group) is 1. The van der Waals surface area contributed by atoms with Gasteiger partial charge >= 0.3 is 0 Å². The predicted octanol–water partition coefficient (Wildman–Crippen LogP) is 2.09. The van der Waals surface area contributed by atoms with Crippen molar-refractivity contribution in [2.24, 2.45) is 0 Å². The summed E-state index contributed by atoms with van der Waals surface area (Å²) in [6.07, 6.45) is 2.41. The average Bonchev–Trinajstić information content (AvgIpc) is 2.79. The molecule has 0 amide bonds. The molecule has 1 saturated heterocycles. The van der Waals surface area contributed by atoms with E-state index in [4.69, 9.17) is 0 Å². The summed E-state index contributed by atoms with van der Waals surface area (Å²) in [5.41, 5.74) is 2.08. The van der Waals surface area contributed by atoms with E-state index in [1.165, 1.54) is 12.8 Å². The van der Waals surface area contributed by atoms with Gasteiger partial charge < -0.3 is 5.32 Å². The van der Waals surface area contributed by atoms with E-state index >= 15 is 0 Å². The second-order valence-electron chi connectivity index (χ2n) is 5.14. The number of nitro groups is 1. The van der Waals surface area contributed by atoms with E-state index in [0.29, 0.717) is 6.04 Å². The maximum Gasteiger partial charge on any atom is 0.272 e. The van der Waals surface area contributed by atoms with Crippen LogP contribution in [-0.2, 0) is 6.54 Å². The Hall–Kier alpha value is -1.46. The van der Waals surface area contributed by atoms with Gasteiger partial charge in [0, 0.05) is 30.8 Å². The minimum Gasteiger partial charge on any atom is -0.318 e. The van der Waals surface area contributed by atoms with Crippen molar-refractivity contribution in [3.8, 4) is 0 Å². The van der Waals surface area contributed by atoms with Gasteiger partial charge in [0.1, 0.15) is 0 Å². The maximum atomic E-state index is 11.0. The Morgan fingerprint density at radius 2 is 2.32 bits per heavy atom. The third kappa shape index (κ3) is 3.11. The number of nitrogens with one attached hydrogen (secondary N) is 1. The van der Waals surface area contributed by atoms with Gasteiger partial charge in [-0.3, -0.25) is 15.0 Å². The lowest BCUT2D eigenvalue weighted by molar-refractivity contribution is -0.385. The molecule has 1 aliphatic rings. The van der Waals surface area contributed by atoms with Crippen LogP contribution in [0.25, 0.3) is 0 Å².